The maximum atomic E-state index is 14.9. The van der Waals surface area contributed by atoms with Gasteiger partial charge in [0.15, 0.2) is 5.82 Å². The maximum Gasteiger partial charge on any atom is 0.534 e. The number of aromatic nitrogens is 4. The third-order valence-electron chi connectivity index (χ3n) is 6.62. The lowest BCUT2D eigenvalue weighted by Crippen LogP contribution is -2.33. The monoisotopic (exact) mass is 597 g/mol. The smallest absolute Gasteiger partial charge is 0.494 e. The molecule has 1 aliphatic rings. The highest BCUT2D eigenvalue weighted by Gasteiger charge is 2.49. The molecule has 0 radical (unpaired) electrons. The van der Waals surface area contributed by atoms with Crippen LogP contribution in [0.2, 0.25) is 0 Å². The molecule has 1 aliphatic heterocycles. The molecular weight excluding hydrogens is 573 g/mol. The molecule has 2 aromatic heterocycles. The van der Waals surface area contributed by atoms with E-state index in [0.29, 0.717) is 36.1 Å². The van der Waals surface area contributed by atoms with Crippen molar-refractivity contribution in [2.24, 2.45) is 0 Å². The number of likely N-dealkylation sites (N-methyl/N-ethyl adjacent to an activating group) is 1. The molecule has 0 bridgehead atoms. The van der Waals surface area contributed by atoms with Crippen LogP contribution in [0, 0.1) is 11.6 Å². The van der Waals surface area contributed by atoms with Crippen molar-refractivity contribution in [3.8, 4) is 23.1 Å². The first-order valence-corrected chi connectivity index (χ1v) is 14.0. The van der Waals surface area contributed by atoms with Crippen molar-refractivity contribution in [1.29, 1.82) is 0 Å². The second-order valence-electron chi connectivity index (χ2n) is 9.20. The van der Waals surface area contributed by atoms with Gasteiger partial charge in [0.25, 0.3) is 0 Å². The highest BCUT2D eigenvalue weighted by Crippen LogP contribution is 2.35. The second kappa shape index (κ2) is 10.9. The number of ether oxygens (including phenoxy) is 1. The van der Waals surface area contributed by atoms with Crippen LogP contribution in [0.4, 0.5) is 22.0 Å². The molecule has 5 rings (SSSR count). The van der Waals surface area contributed by atoms with Crippen molar-refractivity contribution in [3.63, 3.8) is 0 Å². The molecule has 0 atom stereocenters. The number of fused-ring (bicyclic) bond motifs is 2. The summed E-state index contributed by atoms with van der Waals surface area (Å²) in [5, 5.41) is 4.88. The molecule has 0 saturated carbocycles. The summed E-state index contributed by atoms with van der Waals surface area (Å²) in [5.41, 5.74) is -5.03. The molecule has 0 amide bonds. The van der Waals surface area contributed by atoms with Gasteiger partial charge in [-0.1, -0.05) is 25.1 Å². The Morgan fingerprint density at radius 2 is 1.76 bits per heavy atom. The summed E-state index contributed by atoms with van der Waals surface area (Å²) >= 11 is 0. The highest BCUT2D eigenvalue weighted by molar-refractivity contribution is 7.87. The average molecular weight is 598 g/mol. The van der Waals surface area contributed by atoms with Crippen molar-refractivity contribution >= 4 is 21.0 Å². The molecule has 0 unspecified atom stereocenters. The minimum atomic E-state index is -6.03. The lowest BCUT2D eigenvalue weighted by molar-refractivity contribution is -0.0501. The van der Waals surface area contributed by atoms with Gasteiger partial charge in [-0.05, 0) is 19.5 Å². The first-order chi connectivity index (χ1) is 19.4. The molecule has 3 heterocycles. The zero-order valence-corrected chi connectivity index (χ0v) is 22.7. The summed E-state index contributed by atoms with van der Waals surface area (Å²) in [6, 6.07) is 8.73. The number of hydrogen-bond acceptors (Lipinski definition) is 8. The summed E-state index contributed by atoms with van der Waals surface area (Å²) in [6.07, 6.45) is 0.294. The Hall–Kier alpha value is -3.85. The van der Waals surface area contributed by atoms with Gasteiger partial charge in [0.05, 0.1) is 29.9 Å². The van der Waals surface area contributed by atoms with Crippen LogP contribution < -0.4 is 8.92 Å². The molecule has 0 aliphatic carbocycles. The molecule has 0 spiro atoms. The average Bonchev–Trinajstić information content (AvgIpc) is 3.28. The van der Waals surface area contributed by atoms with Crippen molar-refractivity contribution in [1.82, 2.24) is 24.6 Å². The Bertz CT molecular complexity index is 1700. The third kappa shape index (κ3) is 5.55. The van der Waals surface area contributed by atoms with E-state index in [0.717, 1.165) is 12.1 Å². The number of para-hydroxylation sites is 1. The van der Waals surface area contributed by atoms with Gasteiger partial charge in [0.2, 0.25) is 5.88 Å². The molecule has 41 heavy (non-hydrogen) atoms. The summed E-state index contributed by atoms with van der Waals surface area (Å²) in [4.78, 5) is 10.5. The fraction of sp³-hybridized carbons (Fsp3) is 0.346. The van der Waals surface area contributed by atoms with Crippen LogP contribution in [-0.4, -0.2) is 58.3 Å². The van der Waals surface area contributed by atoms with Gasteiger partial charge in [0, 0.05) is 42.6 Å². The van der Waals surface area contributed by atoms with E-state index in [1.165, 1.54) is 4.68 Å². The third-order valence-corrected chi connectivity index (χ3v) is 7.57. The second-order valence-corrected chi connectivity index (χ2v) is 10.7. The summed E-state index contributed by atoms with van der Waals surface area (Å²) in [7, 11) is -6.03. The zero-order valence-electron chi connectivity index (χ0n) is 21.9. The van der Waals surface area contributed by atoms with Gasteiger partial charge in [-0.15, -0.1) is 0 Å². The summed E-state index contributed by atoms with van der Waals surface area (Å²) in [6.45, 7) is 4.57. The zero-order chi connectivity index (χ0) is 29.5. The molecule has 218 valence electrons. The lowest BCUT2D eigenvalue weighted by Gasteiger charge is -2.27. The Morgan fingerprint density at radius 1 is 1.05 bits per heavy atom. The number of alkyl halides is 3. The largest absolute Gasteiger partial charge is 0.534 e. The van der Waals surface area contributed by atoms with E-state index in [9.17, 15) is 30.4 Å². The number of rotatable bonds is 8. The highest BCUT2D eigenvalue weighted by atomic mass is 32.2. The van der Waals surface area contributed by atoms with Gasteiger partial charge >= 0.3 is 15.6 Å². The lowest BCUT2D eigenvalue weighted by atomic mass is 10.1. The van der Waals surface area contributed by atoms with E-state index in [4.69, 9.17) is 4.74 Å². The maximum absolute atomic E-state index is 14.9. The Kier molecular flexibility index (Phi) is 7.59. The van der Waals surface area contributed by atoms with Gasteiger partial charge < -0.3 is 8.92 Å². The molecule has 9 nitrogen and oxygen atoms in total. The van der Waals surface area contributed by atoms with E-state index >= 15 is 0 Å². The van der Waals surface area contributed by atoms with Crippen molar-refractivity contribution in [3.05, 3.63) is 64.9 Å². The molecular formula is C26H24F5N5O4S. The fourth-order valence-electron chi connectivity index (χ4n) is 4.58. The van der Waals surface area contributed by atoms with Gasteiger partial charge in [-0.3, -0.25) is 9.58 Å². The fourth-order valence-corrected chi connectivity index (χ4v) is 5.02. The van der Waals surface area contributed by atoms with Crippen molar-refractivity contribution in [2.75, 3.05) is 19.7 Å². The normalized spacial score (nSPS) is 14.3. The Balaban J connectivity index is 1.63. The van der Waals surface area contributed by atoms with E-state index in [1.807, 2.05) is 11.8 Å². The quantitative estimate of drug-likeness (QED) is 0.162. The first-order valence-electron chi connectivity index (χ1n) is 12.6. The van der Waals surface area contributed by atoms with Crippen molar-refractivity contribution in [2.45, 2.75) is 38.9 Å². The molecule has 0 saturated heterocycles. The Labute approximate surface area is 231 Å². The summed E-state index contributed by atoms with van der Waals surface area (Å²) < 4.78 is 104. The number of hydrogen-bond donors (Lipinski definition) is 0. The minimum absolute atomic E-state index is 0.0303. The van der Waals surface area contributed by atoms with E-state index in [2.05, 4.69) is 19.2 Å². The van der Waals surface area contributed by atoms with Crippen LogP contribution >= 0.6 is 0 Å². The van der Waals surface area contributed by atoms with Crippen LogP contribution in [0.1, 0.15) is 30.7 Å². The van der Waals surface area contributed by atoms with E-state index in [-0.39, 0.29) is 48.1 Å². The van der Waals surface area contributed by atoms with Crippen LogP contribution in [0.5, 0.6) is 11.6 Å². The van der Waals surface area contributed by atoms with E-state index < -0.39 is 33.1 Å². The van der Waals surface area contributed by atoms with Gasteiger partial charge in [-0.25, -0.2) is 13.8 Å². The number of benzene rings is 2. The van der Waals surface area contributed by atoms with Crippen LogP contribution in [0.3, 0.4) is 0 Å². The predicted molar refractivity (Wildman–Crippen MR) is 138 cm³/mol. The number of halogens is 5. The molecule has 2 aromatic carbocycles. The van der Waals surface area contributed by atoms with Crippen LogP contribution in [0.15, 0.2) is 36.4 Å². The predicted octanol–water partition coefficient (Wildman–Crippen LogP) is 4.82. The topological polar surface area (TPSA) is 99.4 Å². The Morgan fingerprint density at radius 3 is 2.41 bits per heavy atom. The minimum Gasteiger partial charge on any atom is -0.494 e. The molecule has 0 N–H and O–H groups in total. The van der Waals surface area contributed by atoms with Gasteiger partial charge in [0.1, 0.15) is 23.1 Å². The van der Waals surface area contributed by atoms with Gasteiger partial charge in [-0.2, -0.15) is 31.7 Å². The van der Waals surface area contributed by atoms with E-state index in [1.54, 1.807) is 31.2 Å². The molecule has 15 heteroatoms. The first kappa shape index (κ1) is 28.7. The van der Waals surface area contributed by atoms with Crippen LogP contribution in [-0.2, 0) is 29.6 Å². The van der Waals surface area contributed by atoms with Crippen LogP contribution in [0.25, 0.3) is 22.4 Å². The van der Waals surface area contributed by atoms with Crippen molar-refractivity contribution < 1.29 is 39.3 Å². The SMILES string of the molecule is CCOc1cc(F)c(Cn2nc(-c3nc4c(c(OS(=O)(=O)C(F)(F)F)n3)CN(CC)CC4)c3ccccc32)c(F)c1. The molecule has 0 fully saturated rings. The standard InChI is InChI=1S/C26H24F5N5O4S/c1-3-35-10-9-21-18(13-35)25(40-41(37,38)26(29,30)31)33-24(32-21)23-16-7-5-6-8-22(16)36(34-23)14-17-19(27)11-15(39-4-2)12-20(17)28/h5-8,11-12H,3-4,9-10,13-14H2,1-2H3. The summed E-state index contributed by atoms with van der Waals surface area (Å²) in [5.74, 6) is -2.62. The molecule has 4 aromatic rings. The number of nitrogens with zero attached hydrogens (tertiary/aromatic N) is 5.